The SMILES string of the molecule is CC(C)Cc1ncc(B(O)O)cc1Cl. The first-order valence-corrected chi connectivity index (χ1v) is 4.89. The predicted octanol–water partition coefficient (Wildman–Crippen LogP) is 0.613. The lowest BCUT2D eigenvalue weighted by Crippen LogP contribution is -2.30. The minimum absolute atomic E-state index is 0.322. The lowest BCUT2D eigenvalue weighted by atomic mass is 9.81. The fraction of sp³-hybridized carbons (Fsp3) is 0.444. The Bertz CT molecular complexity index is 318. The van der Waals surface area contributed by atoms with Gasteiger partial charge in [-0.05, 0) is 18.4 Å². The lowest BCUT2D eigenvalue weighted by Gasteiger charge is -2.07. The molecule has 76 valence electrons. The Morgan fingerprint density at radius 1 is 1.50 bits per heavy atom. The molecule has 1 aromatic rings. The van der Waals surface area contributed by atoms with Crippen molar-refractivity contribution in [2.45, 2.75) is 20.3 Å². The Kier molecular flexibility index (Phi) is 3.92. The summed E-state index contributed by atoms with van der Waals surface area (Å²) in [7, 11) is -1.51. The van der Waals surface area contributed by atoms with Gasteiger partial charge in [0.1, 0.15) is 0 Å². The molecule has 0 spiro atoms. The molecule has 14 heavy (non-hydrogen) atoms. The summed E-state index contributed by atoms with van der Waals surface area (Å²) in [6.07, 6.45) is 2.23. The van der Waals surface area contributed by atoms with Gasteiger partial charge in [-0.15, -0.1) is 0 Å². The van der Waals surface area contributed by atoms with Gasteiger partial charge in [0.15, 0.2) is 0 Å². The Morgan fingerprint density at radius 3 is 2.57 bits per heavy atom. The van der Waals surface area contributed by atoms with E-state index in [2.05, 4.69) is 18.8 Å². The number of nitrogens with zero attached hydrogens (tertiary/aromatic N) is 1. The second kappa shape index (κ2) is 4.78. The highest BCUT2D eigenvalue weighted by Gasteiger charge is 2.14. The fourth-order valence-corrected chi connectivity index (χ4v) is 1.41. The predicted molar refractivity (Wildman–Crippen MR) is 57.6 cm³/mol. The summed E-state index contributed by atoms with van der Waals surface area (Å²) < 4.78 is 0. The second-order valence-corrected chi connectivity index (χ2v) is 4.08. The maximum absolute atomic E-state index is 8.88. The number of pyridine rings is 1. The van der Waals surface area contributed by atoms with Crippen molar-refractivity contribution in [3.05, 3.63) is 23.0 Å². The molecule has 3 nitrogen and oxygen atoms in total. The van der Waals surface area contributed by atoms with Gasteiger partial charge >= 0.3 is 7.12 Å². The number of halogens is 1. The van der Waals surface area contributed by atoms with Crippen molar-refractivity contribution >= 4 is 24.2 Å². The molecule has 0 bridgehead atoms. The quantitative estimate of drug-likeness (QED) is 0.724. The highest BCUT2D eigenvalue weighted by Crippen LogP contribution is 2.15. The highest BCUT2D eigenvalue weighted by molar-refractivity contribution is 6.58. The zero-order valence-corrected chi connectivity index (χ0v) is 8.99. The lowest BCUT2D eigenvalue weighted by molar-refractivity contribution is 0.425. The molecule has 0 amide bonds. The van der Waals surface area contributed by atoms with E-state index >= 15 is 0 Å². The van der Waals surface area contributed by atoms with Crippen molar-refractivity contribution in [1.82, 2.24) is 4.98 Å². The first-order chi connectivity index (χ1) is 6.50. The van der Waals surface area contributed by atoms with Crippen LogP contribution in [0.5, 0.6) is 0 Å². The Labute approximate surface area is 88.9 Å². The largest absolute Gasteiger partial charge is 0.490 e. The van der Waals surface area contributed by atoms with Gasteiger partial charge in [0, 0.05) is 11.7 Å². The average molecular weight is 213 g/mol. The van der Waals surface area contributed by atoms with Gasteiger partial charge in [-0.1, -0.05) is 25.4 Å². The Morgan fingerprint density at radius 2 is 2.14 bits per heavy atom. The van der Waals surface area contributed by atoms with E-state index in [9.17, 15) is 0 Å². The van der Waals surface area contributed by atoms with Crippen LogP contribution in [0, 0.1) is 5.92 Å². The summed E-state index contributed by atoms with van der Waals surface area (Å²) >= 11 is 5.93. The fourth-order valence-electron chi connectivity index (χ4n) is 1.16. The van der Waals surface area contributed by atoms with Crippen LogP contribution in [-0.4, -0.2) is 22.2 Å². The first-order valence-electron chi connectivity index (χ1n) is 4.51. The number of hydrogen-bond acceptors (Lipinski definition) is 3. The first kappa shape index (κ1) is 11.5. The van der Waals surface area contributed by atoms with Gasteiger partial charge in [-0.3, -0.25) is 4.98 Å². The van der Waals surface area contributed by atoms with E-state index in [0.717, 1.165) is 12.1 Å². The minimum atomic E-state index is -1.51. The van der Waals surface area contributed by atoms with Crippen LogP contribution < -0.4 is 5.46 Å². The van der Waals surface area contributed by atoms with Crippen molar-refractivity contribution in [3.63, 3.8) is 0 Å². The third-order valence-electron chi connectivity index (χ3n) is 1.84. The van der Waals surface area contributed by atoms with Crippen molar-refractivity contribution < 1.29 is 10.0 Å². The molecule has 0 saturated heterocycles. The molecular formula is C9H13BClNO2. The average Bonchev–Trinajstić information content (AvgIpc) is 2.07. The van der Waals surface area contributed by atoms with Crippen LogP contribution >= 0.6 is 11.6 Å². The molecule has 0 fully saturated rings. The summed E-state index contributed by atoms with van der Waals surface area (Å²) in [6.45, 7) is 4.15. The van der Waals surface area contributed by atoms with Crippen LogP contribution in [0.1, 0.15) is 19.5 Å². The normalized spacial score (nSPS) is 10.7. The van der Waals surface area contributed by atoms with Crippen molar-refractivity contribution in [2.24, 2.45) is 5.92 Å². The van der Waals surface area contributed by atoms with Crippen LogP contribution in [0.15, 0.2) is 12.3 Å². The highest BCUT2D eigenvalue weighted by atomic mass is 35.5. The van der Waals surface area contributed by atoms with E-state index in [1.165, 1.54) is 12.3 Å². The van der Waals surface area contributed by atoms with Gasteiger partial charge in [0.05, 0.1) is 10.7 Å². The third-order valence-corrected chi connectivity index (χ3v) is 2.17. The van der Waals surface area contributed by atoms with Crippen LogP contribution in [-0.2, 0) is 6.42 Å². The van der Waals surface area contributed by atoms with Crippen LogP contribution in [0.4, 0.5) is 0 Å². The van der Waals surface area contributed by atoms with E-state index in [4.69, 9.17) is 21.6 Å². The van der Waals surface area contributed by atoms with Crippen molar-refractivity contribution in [2.75, 3.05) is 0 Å². The molecule has 1 heterocycles. The van der Waals surface area contributed by atoms with Crippen molar-refractivity contribution in [1.29, 1.82) is 0 Å². The van der Waals surface area contributed by atoms with E-state index in [0.29, 0.717) is 16.4 Å². The number of hydrogen-bond donors (Lipinski definition) is 2. The molecule has 2 N–H and O–H groups in total. The van der Waals surface area contributed by atoms with Crippen LogP contribution in [0.25, 0.3) is 0 Å². The molecule has 0 aromatic carbocycles. The van der Waals surface area contributed by atoms with E-state index in [-0.39, 0.29) is 0 Å². The van der Waals surface area contributed by atoms with E-state index in [1.54, 1.807) is 0 Å². The maximum atomic E-state index is 8.88. The summed E-state index contributed by atoms with van der Waals surface area (Å²) in [4.78, 5) is 4.09. The van der Waals surface area contributed by atoms with Crippen molar-refractivity contribution in [3.8, 4) is 0 Å². The molecule has 0 aliphatic heterocycles. The molecule has 0 aliphatic carbocycles. The summed E-state index contributed by atoms with van der Waals surface area (Å²) in [5, 5.41) is 18.2. The Balaban J connectivity index is 2.90. The molecule has 0 radical (unpaired) electrons. The summed E-state index contributed by atoms with van der Waals surface area (Å²) in [5.41, 5.74) is 1.12. The smallest absolute Gasteiger partial charge is 0.423 e. The van der Waals surface area contributed by atoms with Gasteiger partial charge < -0.3 is 10.0 Å². The molecule has 0 saturated carbocycles. The molecule has 5 heteroatoms. The monoisotopic (exact) mass is 213 g/mol. The zero-order chi connectivity index (χ0) is 10.7. The summed E-state index contributed by atoms with van der Waals surface area (Å²) in [6, 6.07) is 1.54. The van der Waals surface area contributed by atoms with E-state index < -0.39 is 7.12 Å². The van der Waals surface area contributed by atoms with Crippen LogP contribution in [0.3, 0.4) is 0 Å². The molecule has 1 aromatic heterocycles. The van der Waals surface area contributed by atoms with E-state index in [1.807, 2.05) is 0 Å². The minimum Gasteiger partial charge on any atom is -0.423 e. The van der Waals surface area contributed by atoms with Gasteiger partial charge in [0.2, 0.25) is 0 Å². The number of aromatic nitrogens is 1. The molecule has 1 rings (SSSR count). The standard InChI is InChI=1S/C9H13BClNO2/c1-6(2)3-9-8(11)4-7(5-12-9)10(13)14/h4-6,13-14H,3H2,1-2H3. The zero-order valence-electron chi connectivity index (χ0n) is 8.24. The summed E-state index contributed by atoms with van der Waals surface area (Å²) in [5.74, 6) is 0.477. The molecular weight excluding hydrogens is 200 g/mol. The van der Waals surface area contributed by atoms with Gasteiger partial charge in [-0.25, -0.2) is 0 Å². The maximum Gasteiger partial charge on any atom is 0.490 e. The van der Waals surface area contributed by atoms with Gasteiger partial charge in [-0.2, -0.15) is 0 Å². The molecule has 0 unspecified atom stereocenters. The Hall–Kier alpha value is -0.575. The van der Waals surface area contributed by atoms with Crippen LogP contribution in [0.2, 0.25) is 5.02 Å². The molecule has 0 aliphatic rings. The topological polar surface area (TPSA) is 53.4 Å². The molecule has 0 atom stereocenters. The second-order valence-electron chi connectivity index (χ2n) is 3.67. The third kappa shape index (κ3) is 2.98. The number of rotatable bonds is 3. The van der Waals surface area contributed by atoms with Gasteiger partial charge in [0.25, 0.3) is 0 Å².